The first kappa shape index (κ1) is 18.0. The van der Waals surface area contributed by atoms with Gasteiger partial charge in [-0.3, -0.25) is 4.79 Å². The second-order valence-electron chi connectivity index (χ2n) is 5.06. The van der Waals surface area contributed by atoms with Crippen LogP contribution in [0.1, 0.15) is 5.56 Å². The molecule has 2 aromatic carbocycles. The fourth-order valence-corrected chi connectivity index (χ4v) is 3.37. The molecule has 0 aliphatic heterocycles. The van der Waals surface area contributed by atoms with E-state index in [-0.39, 0.29) is 11.3 Å². The third kappa shape index (κ3) is 4.56. The van der Waals surface area contributed by atoms with Crippen molar-refractivity contribution in [3.05, 3.63) is 60.2 Å². The predicted molar refractivity (Wildman–Crippen MR) is 89.3 cm³/mol. The van der Waals surface area contributed by atoms with Crippen LogP contribution in [-0.2, 0) is 26.0 Å². The van der Waals surface area contributed by atoms with Crippen LogP contribution in [0.15, 0.2) is 59.5 Å². The Morgan fingerprint density at radius 2 is 1.67 bits per heavy atom. The molecule has 0 heterocycles. The molecule has 0 saturated carbocycles. The van der Waals surface area contributed by atoms with Gasteiger partial charge in [0, 0.05) is 0 Å². The number of hydrogen-bond acceptors (Lipinski definition) is 5. The van der Waals surface area contributed by atoms with Crippen molar-refractivity contribution >= 4 is 16.0 Å². The molecule has 2 rings (SSSR count). The second-order valence-corrected chi connectivity index (χ2v) is 6.78. The molecule has 1 N–H and O–H groups in total. The standard InChI is InChI=1S/C17H19NO5S/c1-22-14-10-8-13(9-11-14)12-16(17(19)23-2)18-24(20,21)15-6-4-3-5-7-15/h3-11,16,18H,12H2,1-2H3/t16-/m1/s1. The van der Waals surface area contributed by atoms with E-state index in [0.29, 0.717) is 5.75 Å². The van der Waals surface area contributed by atoms with E-state index >= 15 is 0 Å². The van der Waals surface area contributed by atoms with E-state index in [1.807, 2.05) is 0 Å². The molecule has 0 aliphatic carbocycles. The average Bonchev–Trinajstić information content (AvgIpc) is 2.61. The van der Waals surface area contributed by atoms with Crippen LogP contribution in [0.2, 0.25) is 0 Å². The Balaban J connectivity index is 2.20. The Labute approximate surface area is 141 Å². The van der Waals surface area contributed by atoms with Crippen LogP contribution in [0.4, 0.5) is 0 Å². The molecule has 0 radical (unpaired) electrons. The van der Waals surface area contributed by atoms with Gasteiger partial charge in [0.25, 0.3) is 0 Å². The summed E-state index contributed by atoms with van der Waals surface area (Å²) < 4.78 is 37.0. The molecule has 6 nitrogen and oxygen atoms in total. The third-order valence-electron chi connectivity index (χ3n) is 3.44. The Kier molecular flexibility index (Phi) is 5.94. The molecule has 0 aliphatic rings. The van der Waals surface area contributed by atoms with Gasteiger partial charge in [-0.15, -0.1) is 0 Å². The maximum atomic E-state index is 12.4. The maximum absolute atomic E-state index is 12.4. The van der Waals surface area contributed by atoms with Crippen LogP contribution < -0.4 is 9.46 Å². The largest absolute Gasteiger partial charge is 0.497 e. The number of esters is 1. The van der Waals surface area contributed by atoms with Crippen molar-refractivity contribution in [2.45, 2.75) is 17.4 Å². The molecule has 0 aromatic heterocycles. The summed E-state index contributed by atoms with van der Waals surface area (Å²) in [6, 6.07) is 13.9. The zero-order valence-electron chi connectivity index (χ0n) is 13.4. The average molecular weight is 349 g/mol. The van der Waals surface area contributed by atoms with Gasteiger partial charge in [-0.1, -0.05) is 30.3 Å². The van der Waals surface area contributed by atoms with Crippen LogP contribution in [0.25, 0.3) is 0 Å². The number of ether oxygens (including phenoxy) is 2. The van der Waals surface area contributed by atoms with Crippen molar-refractivity contribution in [2.24, 2.45) is 0 Å². The summed E-state index contributed by atoms with van der Waals surface area (Å²) >= 11 is 0. The zero-order chi connectivity index (χ0) is 17.6. The fourth-order valence-electron chi connectivity index (χ4n) is 2.17. The predicted octanol–water partition coefficient (Wildman–Crippen LogP) is 1.76. The zero-order valence-corrected chi connectivity index (χ0v) is 14.2. The summed E-state index contributed by atoms with van der Waals surface area (Å²) in [6.45, 7) is 0. The van der Waals surface area contributed by atoms with Gasteiger partial charge in [-0.2, -0.15) is 4.72 Å². The molecule has 0 bridgehead atoms. The normalized spacial score (nSPS) is 12.4. The summed E-state index contributed by atoms with van der Waals surface area (Å²) in [4.78, 5) is 12.1. The number of sulfonamides is 1. The number of carbonyl (C=O) groups is 1. The molecule has 0 amide bonds. The molecule has 0 unspecified atom stereocenters. The highest BCUT2D eigenvalue weighted by Crippen LogP contribution is 2.15. The Morgan fingerprint density at radius 3 is 2.21 bits per heavy atom. The summed E-state index contributed by atoms with van der Waals surface area (Å²) in [5.74, 6) is 0.0311. The van der Waals surface area contributed by atoms with Crippen molar-refractivity contribution in [1.82, 2.24) is 4.72 Å². The fraction of sp³-hybridized carbons (Fsp3) is 0.235. The first-order valence-electron chi connectivity index (χ1n) is 7.24. The number of nitrogens with one attached hydrogen (secondary N) is 1. The Hall–Kier alpha value is -2.38. The minimum Gasteiger partial charge on any atom is -0.497 e. The van der Waals surface area contributed by atoms with Crippen molar-refractivity contribution in [2.75, 3.05) is 14.2 Å². The number of carbonyl (C=O) groups excluding carboxylic acids is 1. The topological polar surface area (TPSA) is 81.7 Å². The van der Waals surface area contributed by atoms with Crippen LogP contribution in [0, 0.1) is 0 Å². The molecule has 2 aromatic rings. The van der Waals surface area contributed by atoms with E-state index in [1.165, 1.54) is 19.2 Å². The molecule has 128 valence electrons. The lowest BCUT2D eigenvalue weighted by Gasteiger charge is -2.17. The van der Waals surface area contributed by atoms with Crippen LogP contribution in [0.5, 0.6) is 5.75 Å². The SMILES string of the molecule is COC(=O)[C@@H](Cc1ccc(OC)cc1)NS(=O)(=O)c1ccccc1. The highest BCUT2D eigenvalue weighted by Gasteiger charge is 2.26. The van der Waals surface area contributed by atoms with Gasteiger partial charge in [0.2, 0.25) is 10.0 Å². The lowest BCUT2D eigenvalue weighted by Crippen LogP contribution is -2.42. The van der Waals surface area contributed by atoms with Gasteiger partial charge in [-0.05, 0) is 36.2 Å². The van der Waals surface area contributed by atoms with E-state index in [1.54, 1.807) is 49.6 Å². The van der Waals surface area contributed by atoms with E-state index in [2.05, 4.69) is 4.72 Å². The van der Waals surface area contributed by atoms with Crippen molar-refractivity contribution < 1.29 is 22.7 Å². The van der Waals surface area contributed by atoms with Crippen molar-refractivity contribution in [3.8, 4) is 5.75 Å². The van der Waals surface area contributed by atoms with E-state index in [9.17, 15) is 13.2 Å². The molecular formula is C17H19NO5S. The Morgan fingerprint density at radius 1 is 1.04 bits per heavy atom. The molecule has 1 atom stereocenters. The van der Waals surface area contributed by atoms with Crippen LogP contribution in [-0.4, -0.2) is 34.6 Å². The monoisotopic (exact) mass is 349 g/mol. The van der Waals surface area contributed by atoms with Gasteiger partial charge in [0.15, 0.2) is 0 Å². The number of benzene rings is 2. The Bertz CT molecular complexity index is 772. The number of hydrogen-bond donors (Lipinski definition) is 1. The van der Waals surface area contributed by atoms with Crippen molar-refractivity contribution in [1.29, 1.82) is 0 Å². The maximum Gasteiger partial charge on any atom is 0.324 e. The molecule has 24 heavy (non-hydrogen) atoms. The lowest BCUT2D eigenvalue weighted by atomic mass is 10.1. The number of methoxy groups -OCH3 is 2. The summed E-state index contributed by atoms with van der Waals surface area (Å²) in [5, 5.41) is 0. The molecule has 0 fully saturated rings. The summed E-state index contributed by atoms with van der Waals surface area (Å²) in [7, 11) is -1.04. The van der Waals surface area contributed by atoms with Crippen molar-refractivity contribution in [3.63, 3.8) is 0 Å². The van der Waals surface area contributed by atoms with Gasteiger partial charge in [0.05, 0.1) is 19.1 Å². The van der Waals surface area contributed by atoms with E-state index < -0.39 is 22.0 Å². The summed E-state index contributed by atoms with van der Waals surface area (Å²) in [5.41, 5.74) is 0.780. The minimum absolute atomic E-state index is 0.0913. The van der Waals surface area contributed by atoms with Gasteiger partial charge in [-0.25, -0.2) is 8.42 Å². The lowest BCUT2D eigenvalue weighted by molar-refractivity contribution is -0.142. The molecule has 7 heteroatoms. The minimum atomic E-state index is -3.82. The smallest absolute Gasteiger partial charge is 0.324 e. The highest BCUT2D eigenvalue weighted by molar-refractivity contribution is 7.89. The van der Waals surface area contributed by atoms with Gasteiger partial charge >= 0.3 is 5.97 Å². The highest BCUT2D eigenvalue weighted by atomic mass is 32.2. The third-order valence-corrected chi connectivity index (χ3v) is 4.92. The first-order valence-corrected chi connectivity index (χ1v) is 8.72. The van der Waals surface area contributed by atoms with Gasteiger partial charge in [0.1, 0.15) is 11.8 Å². The van der Waals surface area contributed by atoms with Crippen LogP contribution >= 0.6 is 0 Å². The van der Waals surface area contributed by atoms with E-state index in [0.717, 1.165) is 5.56 Å². The van der Waals surface area contributed by atoms with Crippen LogP contribution in [0.3, 0.4) is 0 Å². The van der Waals surface area contributed by atoms with E-state index in [4.69, 9.17) is 9.47 Å². The second kappa shape index (κ2) is 7.94. The molecule has 0 spiro atoms. The molecular weight excluding hydrogens is 330 g/mol. The quantitative estimate of drug-likeness (QED) is 0.770. The summed E-state index contributed by atoms with van der Waals surface area (Å²) in [6.07, 6.45) is 0.169. The number of rotatable bonds is 7. The molecule has 0 saturated heterocycles. The first-order chi connectivity index (χ1) is 11.5. The van der Waals surface area contributed by atoms with Gasteiger partial charge < -0.3 is 9.47 Å².